The van der Waals surface area contributed by atoms with Crippen molar-refractivity contribution >= 4 is 29.1 Å². The van der Waals surface area contributed by atoms with E-state index in [1.807, 2.05) is 0 Å². The quantitative estimate of drug-likeness (QED) is 0.251. The summed E-state index contributed by atoms with van der Waals surface area (Å²) in [5, 5.41) is 23.8. The van der Waals surface area contributed by atoms with Gasteiger partial charge in [0.15, 0.2) is 5.41 Å². The summed E-state index contributed by atoms with van der Waals surface area (Å²) in [4.78, 5) is 63.9. The van der Waals surface area contributed by atoms with Gasteiger partial charge in [-0.3, -0.25) is 34.6 Å². The van der Waals surface area contributed by atoms with Gasteiger partial charge in [-0.05, 0) is 12.8 Å². The first-order valence-corrected chi connectivity index (χ1v) is 12.1. The van der Waals surface area contributed by atoms with Gasteiger partial charge in [0, 0.05) is 60.8 Å². The van der Waals surface area contributed by atoms with Crippen LogP contribution in [-0.4, -0.2) is 33.4 Å². The van der Waals surface area contributed by atoms with Crippen molar-refractivity contribution in [2.45, 2.75) is 62.6 Å². The van der Waals surface area contributed by atoms with Crippen LogP contribution in [0.4, 0.5) is 11.4 Å². The lowest BCUT2D eigenvalue weighted by Crippen LogP contribution is -2.62. The van der Waals surface area contributed by atoms with E-state index >= 15 is 0 Å². The molecule has 1 saturated heterocycles. The molecular formula is C26H24N2O9. The van der Waals surface area contributed by atoms with Crippen LogP contribution in [0.5, 0.6) is 0 Å². The van der Waals surface area contributed by atoms with Gasteiger partial charge in [-0.25, -0.2) is 0 Å². The fourth-order valence-electron chi connectivity index (χ4n) is 6.19. The van der Waals surface area contributed by atoms with Crippen molar-refractivity contribution in [1.29, 1.82) is 0 Å². The second-order valence-corrected chi connectivity index (χ2v) is 9.80. The number of nitro groups is 2. The molecule has 37 heavy (non-hydrogen) atoms. The number of ether oxygens (including phenoxy) is 2. The minimum Gasteiger partial charge on any atom is -0.422 e. The van der Waals surface area contributed by atoms with Crippen molar-refractivity contribution in [2.24, 2.45) is 5.41 Å². The maximum Gasteiger partial charge on any atom is 0.328 e. The summed E-state index contributed by atoms with van der Waals surface area (Å²) < 4.78 is 11.8. The molecule has 0 radical (unpaired) electrons. The van der Waals surface area contributed by atoms with Crippen LogP contribution < -0.4 is 0 Å². The van der Waals surface area contributed by atoms with E-state index in [0.29, 0.717) is 25.7 Å². The topological polar surface area (TPSA) is 156 Å². The van der Waals surface area contributed by atoms with Gasteiger partial charge >= 0.3 is 11.9 Å². The molecule has 2 saturated carbocycles. The zero-order valence-corrected chi connectivity index (χ0v) is 19.8. The molecule has 1 aliphatic heterocycles. The molecule has 2 aliphatic carbocycles. The van der Waals surface area contributed by atoms with Gasteiger partial charge in [-0.1, -0.05) is 42.8 Å². The number of hydrogen-bond donors (Lipinski definition) is 0. The molecule has 3 aliphatic rings. The van der Waals surface area contributed by atoms with Crippen molar-refractivity contribution in [3.63, 3.8) is 0 Å². The minimum absolute atomic E-state index is 0.00220. The number of carbonyl (C=O) groups excluding carboxylic acids is 3. The number of para-hydroxylation sites is 2. The van der Waals surface area contributed by atoms with Crippen LogP contribution in [0.15, 0.2) is 48.5 Å². The lowest BCUT2D eigenvalue weighted by molar-refractivity contribution is -0.386. The Balaban J connectivity index is 1.76. The minimum atomic E-state index is -2.23. The smallest absolute Gasteiger partial charge is 0.328 e. The van der Waals surface area contributed by atoms with Gasteiger partial charge in [0.1, 0.15) is 5.78 Å². The summed E-state index contributed by atoms with van der Waals surface area (Å²) in [6, 6.07) is 11.1. The van der Waals surface area contributed by atoms with Crippen LogP contribution >= 0.6 is 0 Å². The zero-order chi connectivity index (χ0) is 26.4. The second kappa shape index (κ2) is 9.06. The third kappa shape index (κ3) is 3.85. The van der Waals surface area contributed by atoms with Crippen molar-refractivity contribution in [1.82, 2.24) is 0 Å². The molecule has 11 heteroatoms. The Morgan fingerprint density at radius 1 is 0.703 bits per heavy atom. The number of rotatable bonds is 4. The van der Waals surface area contributed by atoms with Crippen LogP contribution in [0, 0.1) is 25.6 Å². The molecule has 192 valence electrons. The fourth-order valence-corrected chi connectivity index (χ4v) is 6.19. The number of nitro benzene ring substituents is 2. The summed E-state index contributed by atoms with van der Waals surface area (Å²) in [5.41, 5.74) is -2.98. The SMILES string of the molecule is O=C1C[C@H](c2ccccc2[N+](=O)[O-])C2(C(=O)OC3(CCCCC3)OC2=O)[C@H](c2ccccc2[N+](=O)[O-])C1. The predicted molar refractivity (Wildman–Crippen MR) is 126 cm³/mol. The number of hydrogen-bond acceptors (Lipinski definition) is 9. The Labute approximate surface area is 211 Å². The van der Waals surface area contributed by atoms with E-state index in [1.165, 1.54) is 48.5 Å². The van der Waals surface area contributed by atoms with E-state index in [9.17, 15) is 34.6 Å². The summed E-state index contributed by atoms with van der Waals surface area (Å²) in [5.74, 6) is -6.41. The van der Waals surface area contributed by atoms with Gasteiger partial charge < -0.3 is 9.47 Å². The second-order valence-electron chi connectivity index (χ2n) is 9.80. The Morgan fingerprint density at radius 2 is 1.14 bits per heavy atom. The lowest BCUT2D eigenvalue weighted by Gasteiger charge is -2.51. The Morgan fingerprint density at radius 3 is 1.57 bits per heavy atom. The van der Waals surface area contributed by atoms with Crippen LogP contribution in [0.1, 0.15) is 67.9 Å². The molecule has 0 aromatic heterocycles. The van der Waals surface area contributed by atoms with Crippen molar-refractivity contribution in [2.75, 3.05) is 0 Å². The maximum atomic E-state index is 14.1. The van der Waals surface area contributed by atoms with Gasteiger partial charge in [0.25, 0.3) is 17.2 Å². The number of Topliss-reactive ketones (excluding diaryl/α,β-unsaturated/α-hetero) is 1. The predicted octanol–water partition coefficient (Wildman–Crippen LogP) is 4.48. The molecule has 0 unspecified atom stereocenters. The lowest BCUT2D eigenvalue weighted by atomic mass is 9.55. The van der Waals surface area contributed by atoms with Crippen molar-refractivity contribution < 1.29 is 33.7 Å². The Hall–Kier alpha value is -4.15. The fraction of sp³-hybridized carbons (Fsp3) is 0.423. The summed E-state index contributed by atoms with van der Waals surface area (Å²) in [7, 11) is 0. The first-order chi connectivity index (χ1) is 17.7. The summed E-state index contributed by atoms with van der Waals surface area (Å²) >= 11 is 0. The summed E-state index contributed by atoms with van der Waals surface area (Å²) in [6.07, 6.45) is 2.13. The van der Waals surface area contributed by atoms with Crippen LogP contribution in [-0.2, 0) is 23.9 Å². The van der Waals surface area contributed by atoms with Gasteiger partial charge in [-0.2, -0.15) is 0 Å². The molecule has 0 bridgehead atoms. The van der Waals surface area contributed by atoms with Gasteiger partial charge in [0.05, 0.1) is 9.85 Å². The van der Waals surface area contributed by atoms with E-state index in [4.69, 9.17) is 9.47 Å². The van der Waals surface area contributed by atoms with E-state index in [1.54, 1.807) is 0 Å². The summed E-state index contributed by atoms with van der Waals surface area (Å²) in [6.45, 7) is 0. The Kier molecular flexibility index (Phi) is 6.01. The number of carbonyl (C=O) groups is 3. The number of esters is 2. The standard InChI is InChI=1S/C26H24N2O9/c29-16-14-19(17-8-2-4-10-21(17)27(32)33)26(20(15-16)18-9-3-5-11-22(18)28(34)35)23(30)36-25(37-24(26)31)12-6-1-7-13-25/h2-5,8-11,19-20H,1,6-7,12-15H2/t19-,20+. The molecule has 11 nitrogen and oxygen atoms in total. The first kappa shape index (κ1) is 24.5. The maximum absolute atomic E-state index is 14.1. The molecule has 2 aromatic carbocycles. The molecule has 2 spiro atoms. The van der Waals surface area contributed by atoms with E-state index in [0.717, 1.165) is 6.42 Å². The Bertz CT molecular complexity index is 1220. The molecule has 2 atom stereocenters. The van der Waals surface area contributed by atoms with Gasteiger partial charge in [0.2, 0.25) is 0 Å². The molecule has 0 N–H and O–H groups in total. The van der Waals surface area contributed by atoms with Crippen LogP contribution in [0.2, 0.25) is 0 Å². The normalized spacial score (nSPS) is 24.4. The van der Waals surface area contributed by atoms with Crippen molar-refractivity contribution in [3.05, 3.63) is 79.9 Å². The van der Waals surface area contributed by atoms with E-state index in [2.05, 4.69) is 0 Å². The number of nitrogens with zero attached hydrogens (tertiary/aromatic N) is 2. The first-order valence-electron chi connectivity index (χ1n) is 12.1. The highest BCUT2D eigenvalue weighted by molar-refractivity contribution is 6.07. The molecule has 0 amide bonds. The molecule has 5 rings (SSSR count). The monoisotopic (exact) mass is 508 g/mol. The zero-order valence-electron chi connectivity index (χ0n) is 19.8. The van der Waals surface area contributed by atoms with E-state index in [-0.39, 0.29) is 35.3 Å². The van der Waals surface area contributed by atoms with Crippen molar-refractivity contribution in [3.8, 4) is 0 Å². The number of benzene rings is 2. The molecule has 3 fully saturated rings. The highest BCUT2D eigenvalue weighted by Gasteiger charge is 2.69. The highest BCUT2D eigenvalue weighted by Crippen LogP contribution is 2.60. The number of ketones is 1. The average Bonchev–Trinajstić information content (AvgIpc) is 2.87. The third-order valence-electron chi connectivity index (χ3n) is 7.83. The molecular weight excluding hydrogens is 484 g/mol. The average molecular weight is 508 g/mol. The largest absolute Gasteiger partial charge is 0.422 e. The third-order valence-corrected chi connectivity index (χ3v) is 7.83. The van der Waals surface area contributed by atoms with Gasteiger partial charge in [-0.15, -0.1) is 0 Å². The highest BCUT2D eigenvalue weighted by atomic mass is 16.7. The molecule has 2 aromatic rings. The van der Waals surface area contributed by atoms with E-state index < -0.39 is 50.6 Å². The van der Waals surface area contributed by atoms with Crippen LogP contribution in [0.3, 0.4) is 0 Å². The molecule has 1 heterocycles. The van der Waals surface area contributed by atoms with Crippen LogP contribution in [0.25, 0.3) is 0 Å².